The van der Waals surface area contributed by atoms with Crippen molar-refractivity contribution in [2.75, 3.05) is 0 Å². The van der Waals surface area contributed by atoms with Crippen molar-refractivity contribution in [1.82, 2.24) is 9.97 Å². The highest BCUT2D eigenvalue weighted by molar-refractivity contribution is 5.74. The predicted molar refractivity (Wildman–Crippen MR) is 52.9 cm³/mol. The number of nitrogens with one attached hydrogen (secondary N) is 1. The van der Waals surface area contributed by atoms with E-state index >= 15 is 0 Å². The molecule has 2 aliphatic rings. The fourth-order valence-corrected chi connectivity index (χ4v) is 1.56. The van der Waals surface area contributed by atoms with Crippen molar-refractivity contribution in [3.63, 3.8) is 0 Å². The first-order valence-corrected chi connectivity index (χ1v) is 4.39. The van der Waals surface area contributed by atoms with Gasteiger partial charge in [-0.25, -0.2) is 4.98 Å². The average molecular weight is 184 g/mol. The van der Waals surface area contributed by atoms with E-state index in [1.807, 2.05) is 18.2 Å². The highest BCUT2D eigenvalue weighted by Crippen LogP contribution is 2.30. The van der Waals surface area contributed by atoms with Crippen LogP contribution >= 0.6 is 0 Å². The van der Waals surface area contributed by atoms with E-state index < -0.39 is 0 Å². The molecule has 0 saturated carbocycles. The van der Waals surface area contributed by atoms with Gasteiger partial charge < -0.3 is 9.40 Å². The molecular formula is C11H8N2O. The Bertz CT molecular complexity index is 480. The van der Waals surface area contributed by atoms with E-state index in [2.05, 4.69) is 16.0 Å². The number of H-pyrrole nitrogens is 1. The van der Waals surface area contributed by atoms with Crippen LogP contribution in [0.15, 0.2) is 47.5 Å². The summed E-state index contributed by atoms with van der Waals surface area (Å²) in [6.07, 6.45) is 5.15. The molecular weight excluding hydrogens is 176 g/mol. The molecule has 0 amide bonds. The average Bonchev–Trinajstić information content (AvgIpc) is 2.86. The lowest BCUT2D eigenvalue weighted by Crippen LogP contribution is -1.68. The van der Waals surface area contributed by atoms with Gasteiger partial charge in [0.2, 0.25) is 0 Å². The Balaban J connectivity index is 2.21. The Morgan fingerprint density at radius 3 is 3.00 bits per heavy atom. The maximum atomic E-state index is 5.36. The zero-order valence-corrected chi connectivity index (χ0v) is 7.40. The summed E-state index contributed by atoms with van der Waals surface area (Å²) in [5, 5.41) is 0. The molecule has 0 unspecified atom stereocenters. The highest BCUT2D eigenvalue weighted by Gasteiger charge is 2.09. The Labute approximate surface area is 80.7 Å². The summed E-state index contributed by atoms with van der Waals surface area (Å²) in [6.45, 7) is 0. The second-order valence-electron chi connectivity index (χ2n) is 3.14. The Morgan fingerprint density at radius 2 is 2.21 bits per heavy atom. The molecule has 0 bridgehead atoms. The van der Waals surface area contributed by atoms with E-state index in [1.54, 1.807) is 18.8 Å². The predicted octanol–water partition coefficient (Wildman–Crippen LogP) is 2.77. The first kappa shape index (κ1) is 7.38. The van der Waals surface area contributed by atoms with Gasteiger partial charge >= 0.3 is 0 Å². The van der Waals surface area contributed by atoms with Gasteiger partial charge in [-0.3, -0.25) is 0 Å². The summed E-state index contributed by atoms with van der Waals surface area (Å²) in [5.74, 6) is 0.900. The van der Waals surface area contributed by atoms with Crippen molar-refractivity contribution in [1.29, 1.82) is 0 Å². The number of aromatic amines is 1. The fourth-order valence-electron chi connectivity index (χ4n) is 1.56. The standard InChI is InChI=1S/C11H8N2O/c1-2-8-4-9(5-11(8)14-3-1)10-6-12-7-13-10/h1-7H,(H,12,13). The molecule has 3 rings (SSSR count). The van der Waals surface area contributed by atoms with Crippen LogP contribution < -0.4 is 0 Å². The number of aromatic nitrogens is 2. The highest BCUT2D eigenvalue weighted by atomic mass is 16.3. The monoisotopic (exact) mass is 184 g/mol. The molecule has 2 heterocycles. The van der Waals surface area contributed by atoms with Gasteiger partial charge in [0.15, 0.2) is 0 Å². The number of hydrogen-bond acceptors (Lipinski definition) is 2. The Morgan fingerprint density at radius 1 is 1.21 bits per heavy atom. The molecule has 68 valence electrons. The van der Waals surface area contributed by atoms with Crippen LogP contribution in [-0.2, 0) is 0 Å². The topological polar surface area (TPSA) is 41.8 Å². The van der Waals surface area contributed by atoms with Gasteiger partial charge in [0.1, 0.15) is 5.76 Å². The summed E-state index contributed by atoms with van der Waals surface area (Å²) in [4.78, 5) is 7.04. The molecule has 0 radical (unpaired) electrons. The van der Waals surface area contributed by atoms with Gasteiger partial charge in [-0.1, -0.05) is 0 Å². The maximum absolute atomic E-state index is 5.36. The lowest BCUT2D eigenvalue weighted by atomic mass is 10.2. The number of fused-ring (bicyclic) bond motifs is 1. The van der Waals surface area contributed by atoms with Crippen molar-refractivity contribution in [3.8, 4) is 22.6 Å². The first-order valence-electron chi connectivity index (χ1n) is 4.39. The van der Waals surface area contributed by atoms with Crippen LogP contribution in [0.1, 0.15) is 0 Å². The van der Waals surface area contributed by atoms with E-state index in [0.29, 0.717) is 0 Å². The third-order valence-electron chi connectivity index (χ3n) is 2.24. The molecule has 1 aliphatic heterocycles. The van der Waals surface area contributed by atoms with Crippen molar-refractivity contribution in [2.24, 2.45) is 0 Å². The number of nitrogens with zero attached hydrogens (tertiary/aromatic N) is 1. The maximum Gasteiger partial charge on any atom is 0.134 e. The van der Waals surface area contributed by atoms with E-state index in [0.717, 1.165) is 22.6 Å². The molecule has 1 aromatic heterocycles. The van der Waals surface area contributed by atoms with Crippen LogP contribution in [0.25, 0.3) is 22.6 Å². The quantitative estimate of drug-likeness (QED) is 0.631. The summed E-state index contributed by atoms with van der Waals surface area (Å²) >= 11 is 0. The summed E-state index contributed by atoms with van der Waals surface area (Å²) in [5.41, 5.74) is 3.22. The molecule has 0 fully saturated rings. The Kier molecular flexibility index (Phi) is 1.44. The lowest BCUT2D eigenvalue weighted by molar-refractivity contribution is 0.567. The van der Waals surface area contributed by atoms with Crippen LogP contribution in [0.3, 0.4) is 0 Å². The zero-order chi connectivity index (χ0) is 9.38. The molecule has 0 spiro atoms. The third-order valence-corrected chi connectivity index (χ3v) is 2.24. The van der Waals surface area contributed by atoms with Crippen LogP contribution in [0, 0.1) is 0 Å². The van der Waals surface area contributed by atoms with E-state index in [9.17, 15) is 0 Å². The van der Waals surface area contributed by atoms with Crippen LogP contribution in [-0.4, -0.2) is 9.97 Å². The molecule has 1 N–H and O–H groups in total. The van der Waals surface area contributed by atoms with Gasteiger partial charge in [-0.2, -0.15) is 0 Å². The summed E-state index contributed by atoms with van der Waals surface area (Å²) in [6, 6.07) is 7.99. The molecule has 3 nitrogen and oxygen atoms in total. The zero-order valence-electron chi connectivity index (χ0n) is 7.40. The lowest BCUT2D eigenvalue weighted by Gasteiger charge is -1.91. The van der Waals surface area contributed by atoms with Crippen LogP contribution in [0.4, 0.5) is 0 Å². The van der Waals surface area contributed by atoms with Gasteiger partial charge in [-0.05, 0) is 24.3 Å². The molecule has 3 heteroatoms. The van der Waals surface area contributed by atoms with E-state index in [4.69, 9.17) is 4.42 Å². The Hall–Kier alpha value is -2.03. The van der Waals surface area contributed by atoms with Gasteiger partial charge in [0.25, 0.3) is 0 Å². The minimum Gasteiger partial charge on any atom is -0.464 e. The van der Waals surface area contributed by atoms with Crippen molar-refractivity contribution in [2.45, 2.75) is 0 Å². The van der Waals surface area contributed by atoms with Crippen LogP contribution in [0.5, 0.6) is 0 Å². The van der Waals surface area contributed by atoms with Crippen molar-refractivity contribution in [3.05, 3.63) is 43.1 Å². The van der Waals surface area contributed by atoms with Gasteiger partial charge in [0.05, 0.1) is 24.5 Å². The van der Waals surface area contributed by atoms with E-state index in [1.165, 1.54) is 0 Å². The second-order valence-corrected chi connectivity index (χ2v) is 3.14. The van der Waals surface area contributed by atoms with Gasteiger partial charge in [0, 0.05) is 11.1 Å². The minimum absolute atomic E-state index is 0.900. The molecule has 0 saturated heterocycles. The largest absolute Gasteiger partial charge is 0.464 e. The molecule has 14 heavy (non-hydrogen) atoms. The number of hydrogen-bond donors (Lipinski definition) is 1. The molecule has 0 aromatic carbocycles. The second kappa shape index (κ2) is 2.73. The number of rotatable bonds is 1. The minimum atomic E-state index is 0.900. The van der Waals surface area contributed by atoms with Crippen LogP contribution in [0.2, 0.25) is 0 Å². The third kappa shape index (κ3) is 1.03. The van der Waals surface area contributed by atoms with Gasteiger partial charge in [-0.15, -0.1) is 0 Å². The first-order chi connectivity index (χ1) is 6.93. The van der Waals surface area contributed by atoms with E-state index in [-0.39, 0.29) is 0 Å². The molecule has 0 atom stereocenters. The fraction of sp³-hybridized carbons (Fsp3) is 0. The smallest absolute Gasteiger partial charge is 0.134 e. The molecule has 1 aliphatic carbocycles. The number of imidazole rings is 1. The normalized spacial score (nSPS) is 10.9. The van der Waals surface area contributed by atoms with Crippen molar-refractivity contribution >= 4 is 0 Å². The summed E-state index contributed by atoms with van der Waals surface area (Å²) < 4.78 is 5.36. The SMILES string of the molecule is c1coc2cc(-c3cnc[nH]3)cc-2c1. The summed E-state index contributed by atoms with van der Waals surface area (Å²) in [7, 11) is 0. The van der Waals surface area contributed by atoms with Crippen molar-refractivity contribution < 1.29 is 4.42 Å². The molecule has 1 aromatic rings.